The van der Waals surface area contributed by atoms with Crippen molar-refractivity contribution < 1.29 is 0 Å². The Hall–Kier alpha value is -1.49. The summed E-state index contributed by atoms with van der Waals surface area (Å²) in [5, 5.41) is 6.22. The van der Waals surface area contributed by atoms with Crippen molar-refractivity contribution >= 4 is 33.6 Å². The van der Waals surface area contributed by atoms with Gasteiger partial charge in [-0.2, -0.15) is 5.10 Å². The molecule has 0 aromatic carbocycles. The zero-order chi connectivity index (χ0) is 11.4. The maximum Gasteiger partial charge on any atom is 0.167 e. The maximum atomic E-state index is 4.25. The Kier molecular flexibility index (Phi) is 3.46. The molecule has 0 spiro atoms. The van der Waals surface area contributed by atoms with E-state index in [2.05, 4.69) is 39.7 Å². The van der Waals surface area contributed by atoms with Gasteiger partial charge in [-0.05, 0) is 24.3 Å². The third kappa shape index (κ3) is 2.19. The molecule has 0 radical (unpaired) electrons. The van der Waals surface area contributed by atoms with Gasteiger partial charge in [0, 0.05) is 6.21 Å². The SMILES string of the molecule is CCCC=NNc1ncnc2c(C)csc12. The van der Waals surface area contributed by atoms with Gasteiger partial charge in [-0.25, -0.2) is 9.97 Å². The monoisotopic (exact) mass is 234 g/mol. The van der Waals surface area contributed by atoms with Crippen molar-refractivity contribution in [1.82, 2.24) is 9.97 Å². The van der Waals surface area contributed by atoms with Crippen molar-refractivity contribution in [2.24, 2.45) is 5.10 Å². The summed E-state index contributed by atoms with van der Waals surface area (Å²) < 4.78 is 1.06. The Morgan fingerprint density at radius 3 is 3.19 bits per heavy atom. The van der Waals surface area contributed by atoms with E-state index >= 15 is 0 Å². The van der Waals surface area contributed by atoms with E-state index in [1.807, 2.05) is 6.21 Å². The third-order valence-electron chi connectivity index (χ3n) is 2.21. The number of unbranched alkanes of at least 4 members (excludes halogenated alkanes) is 1. The number of thiophene rings is 1. The number of aromatic nitrogens is 2. The lowest BCUT2D eigenvalue weighted by atomic mass is 10.3. The van der Waals surface area contributed by atoms with Gasteiger partial charge < -0.3 is 0 Å². The lowest BCUT2D eigenvalue weighted by molar-refractivity contribution is 1.00. The van der Waals surface area contributed by atoms with E-state index in [0.717, 1.165) is 28.9 Å². The topological polar surface area (TPSA) is 50.2 Å². The van der Waals surface area contributed by atoms with Crippen LogP contribution < -0.4 is 5.43 Å². The molecule has 84 valence electrons. The van der Waals surface area contributed by atoms with Gasteiger partial charge in [-0.3, -0.25) is 5.43 Å². The number of hydrogen-bond donors (Lipinski definition) is 1. The van der Waals surface area contributed by atoms with E-state index < -0.39 is 0 Å². The van der Waals surface area contributed by atoms with Crippen molar-refractivity contribution in [3.63, 3.8) is 0 Å². The summed E-state index contributed by atoms with van der Waals surface area (Å²) in [5.74, 6) is 0.787. The van der Waals surface area contributed by atoms with Gasteiger partial charge in [0.25, 0.3) is 0 Å². The molecule has 0 fully saturated rings. The first-order chi connectivity index (χ1) is 7.83. The Morgan fingerprint density at radius 1 is 1.50 bits per heavy atom. The predicted molar refractivity (Wildman–Crippen MR) is 69.2 cm³/mol. The van der Waals surface area contributed by atoms with Crippen LogP contribution in [-0.4, -0.2) is 16.2 Å². The molecule has 0 saturated heterocycles. The summed E-state index contributed by atoms with van der Waals surface area (Å²) in [7, 11) is 0. The molecule has 0 aliphatic rings. The molecule has 0 aliphatic carbocycles. The molecule has 2 heterocycles. The van der Waals surface area contributed by atoms with Crippen LogP contribution in [0.1, 0.15) is 25.3 Å². The molecule has 0 bridgehead atoms. The van der Waals surface area contributed by atoms with Crippen molar-refractivity contribution in [1.29, 1.82) is 0 Å². The van der Waals surface area contributed by atoms with Crippen LogP contribution in [0.4, 0.5) is 5.82 Å². The minimum Gasteiger partial charge on any atom is -0.260 e. The van der Waals surface area contributed by atoms with Crippen LogP contribution >= 0.6 is 11.3 Å². The molecular formula is C11H14N4S. The number of hydrogen-bond acceptors (Lipinski definition) is 5. The summed E-state index contributed by atoms with van der Waals surface area (Å²) in [6.45, 7) is 4.17. The van der Waals surface area contributed by atoms with Gasteiger partial charge in [0.1, 0.15) is 6.33 Å². The Morgan fingerprint density at radius 2 is 2.38 bits per heavy atom. The highest BCUT2D eigenvalue weighted by atomic mass is 32.1. The number of aryl methyl sites for hydroxylation is 1. The number of nitrogens with zero attached hydrogens (tertiary/aromatic N) is 3. The first kappa shape index (κ1) is 11.0. The highest BCUT2D eigenvalue weighted by Gasteiger charge is 2.06. The summed E-state index contributed by atoms with van der Waals surface area (Å²) >= 11 is 1.64. The fourth-order valence-electron chi connectivity index (χ4n) is 1.35. The number of fused-ring (bicyclic) bond motifs is 1. The van der Waals surface area contributed by atoms with E-state index in [1.54, 1.807) is 17.7 Å². The standard InChI is InChI=1S/C11H14N4S/c1-3-4-5-14-15-11-10-9(12-7-13-11)8(2)6-16-10/h5-7H,3-4H2,1-2H3,(H,12,13,15). The second-order valence-electron chi connectivity index (χ2n) is 3.53. The van der Waals surface area contributed by atoms with Crippen LogP contribution in [0.3, 0.4) is 0 Å². The number of anilines is 1. The maximum absolute atomic E-state index is 4.25. The average molecular weight is 234 g/mol. The lowest BCUT2D eigenvalue weighted by Gasteiger charge is -1.99. The van der Waals surface area contributed by atoms with Gasteiger partial charge >= 0.3 is 0 Å². The van der Waals surface area contributed by atoms with Crippen molar-refractivity contribution in [3.8, 4) is 0 Å². The second-order valence-corrected chi connectivity index (χ2v) is 4.41. The molecule has 5 heteroatoms. The van der Waals surface area contributed by atoms with E-state index in [0.29, 0.717) is 0 Å². The van der Waals surface area contributed by atoms with Crippen LogP contribution in [0.5, 0.6) is 0 Å². The van der Waals surface area contributed by atoms with E-state index in [-0.39, 0.29) is 0 Å². The Balaban J connectivity index is 2.24. The highest BCUT2D eigenvalue weighted by Crippen LogP contribution is 2.28. The molecular weight excluding hydrogens is 220 g/mol. The van der Waals surface area contributed by atoms with E-state index in [9.17, 15) is 0 Å². The van der Waals surface area contributed by atoms with Crippen LogP contribution in [0.15, 0.2) is 16.8 Å². The molecule has 0 amide bonds. The summed E-state index contributed by atoms with van der Waals surface area (Å²) in [5.41, 5.74) is 5.16. The largest absolute Gasteiger partial charge is 0.260 e. The lowest BCUT2D eigenvalue weighted by Crippen LogP contribution is -1.93. The average Bonchev–Trinajstić information content (AvgIpc) is 2.68. The zero-order valence-electron chi connectivity index (χ0n) is 9.40. The first-order valence-corrected chi connectivity index (χ1v) is 6.17. The Labute approximate surface area is 98.4 Å². The van der Waals surface area contributed by atoms with Crippen molar-refractivity contribution in [2.75, 3.05) is 5.43 Å². The number of nitrogens with one attached hydrogen (secondary N) is 1. The van der Waals surface area contributed by atoms with Crippen LogP contribution in [0.25, 0.3) is 10.2 Å². The van der Waals surface area contributed by atoms with E-state index in [4.69, 9.17) is 0 Å². The van der Waals surface area contributed by atoms with E-state index in [1.165, 1.54) is 5.56 Å². The quantitative estimate of drug-likeness (QED) is 0.653. The molecule has 2 rings (SSSR count). The molecule has 0 saturated carbocycles. The molecule has 0 unspecified atom stereocenters. The molecule has 2 aromatic heterocycles. The molecule has 1 N–H and O–H groups in total. The third-order valence-corrected chi connectivity index (χ3v) is 3.30. The van der Waals surface area contributed by atoms with Crippen molar-refractivity contribution in [3.05, 3.63) is 17.3 Å². The fraction of sp³-hybridized carbons (Fsp3) is 0.364. The number of rotatable bonds is 4. The fourth-order valence-corrected chi connectivity index (χ4v) is 2.29. The molecule has 2 aromatic rings. The number of hydrazone groups is 1. The first-order valence-electron chi connectivity index (χ1n) is 5.29. The summed E-state index contributed by atoms with van der Waals surface area (Å²) in [4.78, 5) is 8.45. The summed E-state index contributed by atoms with van der Waals surface area (Å²) in [6, 6.07) is 0. The zero-order valence-corrected chi connectivity index (χ0v) is 10.2. The molecule has 0 aliphatic heterocycles. The Bertz CT molecular complexity index is 504. The van der Waals surface area contributed by atoms with Gasteiger partial charge in [0.2, 0.25) is 0 Å². The van der Waals surface area contributed by atoms with Gasteiger partial charge in [-0.1, -0.05) is 13.3 Å². The second kappa shape index (κ2) is 5.03. The van der Waals surface area contributed by atoms with Crippen molar-refractivity contribution in [2.45, 2.75) is 26.7 Å². The van der Waals surface area contributed by atoms with Gasteiger partial charge in [0.05, 0.1) is 10.2 Å². The van der Waals surface area contributed by atoms with Crippen LogP contribution in [0, 0.1) is 6.92 Å². The molecule has 4 nitrogen and oxygen atoms in total. The van der Waals surface area contributed by atoms with Crippen LogP contribution in [0.2, 0.25) is 0 Å². The highest BCUT2D eigenvalue weighted by molar-refractivity contribution is 7.17. The predicted octanol–water partition coefficient (Wildman–Crippen LogP) is 3.20. The molecule has 0 atom stereocenters. The van der Waals surface area contributed by atoms with Crippen LogP contribution in [-0.2, 0) is 0 Å². The minimum atomic E-state index is 0.787. The molecule has 16 heavy (non-hydrogen) atoms. The van der Waals surface area contributed by atoms with Gasteiger partial charge in [0.15, 0.2) is 5.82 Å². The minimum absolute atomic E-state index is 0.787. The smallest absolute Gasteiger partial charge is 0.167 e. The van der Waals surface area contributed by atoms with Gasteiger partial charge in [-0.15, -0.1) is 11.3 Å². The summed E-state index contributed by atoms with van der Waals surface area (Å²) in [6.07, 6.45) is 5.52. The normalized spacial score (nSPS) is 11.4.